The van der Waals surface area contributed by atoms with Crippen LogP contribution < -0.4 is 0 Å². The van der Waals surface area contributed by atoms with E-state index in [4.69, 9.17) is 5.11 Å². The Balaban J connectivity index is 2.42. The molecule has 0 unspecified atom stereocenters. The van der Waals surface area contributed by atoms with Gasteiger partial charge in [0, 0.05) is 6.08 Å². The minimum Gasteiger partial charge on any atom is -0.508 e. The molecule has 1 aromatic rings. The summed E-state index contributed by atoms with van der Waals surface area (Å²) < 4.78 is 0. The van der Waals surface area contributed by atoms with Crippen molar-refractivity contribution in [1.82, 2.24) is 0 Å². The van der Waals surface area contributed by atoms with E-state index in [9.17, 15) is 9.90 Å². The molecular weight excluding hydrogens is 192 g/mol. The van der Waals surface area contributed by atoms with Crippen molar-refractivity contribution in [3.63, 3.8) is 0 Å². The highest BCUT2D eigenvalue weighted by Gasteiger charge is 2.16. The van der Waals surface area contributed by atoms with E-state index in [1.165, 1.54) is 0 Å². The van der Waals surface area contributed by atoms with Gasteiger partial charge in [-0.2, -0.15) is 0 Å². The zero-order valence-corrected chi connectivity index (χ0v) is 8.23. The molecule has 0 amide bonds. The molecule has 1 aliphatic carbocycles. The summed E-state index contributed by atoms with van der Waals surface area (Å²) in [6.45, 7) is 0. The number of hydrogen-bond donors (Lipinski definition) is 2. The topological polar surface area (TPSA) is 57.5 Å². The number of rotatable bonds is 2. The standard InChI is InChI=1S/C12H12O3/c13-11-6-4-8(5-7-12(14)15)9-2-1-3-10(9)11/h4-7,13H,1-3H2,(H,14,15). The molecule has 2 N–H and O–H groups in total. The first kappa shape index (κ1) is 9.77. The minimum absolute atomic E-state index is 0.329. The second-order valence-corrected chi connectivity index (χ2v) is 3.66. The third-order valence-corrected chi connectivity index (χ3v) is 2.70. The molecule has 15 heavy (non-hydrogen) atoms. The van der Waals surface area contributed by atoms with Crippen LogP contribution in [0.25, 0.3) is 6.08 Å². The summed E-state index contributed by atoms with van der Waals surface area (Å²) in [5.74, 6) is -0.621. The molecule has 0 atom stereocenters. The van der Waals surface area contributed by atoms with Crippen molar-refractivity contribution in [2.45, 2.75) is 19.3 Å². The molecule has 0 heterocycles. The summed E-state index contributed by atoms with van der Waals surface area (Å²) in [6.07, 6.45) is 5.55. The first-order valence-electron chi connectivity index (χ1n) is 4.93. The predicted molar refractivity (Wildman–Crippen MR) is 56.8 cm³/mol. The molecule has 1 aliphatic rings. The van der Waals surface area contributed by atoms with Crippen molar-refractivity contribution >= 4 is 12.0 Å². The number of fused-ring (bicyclic) bond motifs is 1. The average molecular weight is 204 g/mol. The van der Waals surface area contributed by atoms with E-state index in [0.717, 1.165) is 42.0 Å². The van der Waals surface area contributed by atoms with Gasteiger partial charge in [0.15, 0.2) is 0 Å². The van der Waals surface area contributed by atoms with Crippen molar-refractivity contribution in [1.29, 1.82) is 0 Å². The number of carboxylic acids is 1. The van der Waals surface area contributed by atoms with Gasteiger partial charge in [0.05, 0.1) is 0 Å². The molecule has 0 fully saturated rings. The van der Waals surface area contributed by atoms with Gasteiger partial charge in [-0.25, -0.2) is 4.79 Å². The van der Waals surface area contributed by atoms with E-state index in [0.29, 0.717) is 5.75 Å². The Bertz CT molecular complexity index is 433. The van der Waals surface area contributed by atoms with Crippen LogP contribution in [0.1, 0.15) is 23.1 Å². The molecule has 0 saturated carbocycles. The highest BCUT2D eigenvalue weighted by molar-refractivity contribution is 5.85. The van der Waals surface area contributed by atoms with Crippen molar-refractivity contribution in [2.75, 3.05) is 0 Å². The average Bonchev–Trinajstić information content (AvgIpc) is 2.66. The number of carboxylic acid groups (broad SMARTS) is 1. The maximum absolute atomic E-state index is 10.4. The number of carbonyl (C=O) groups is 1. The van der Waals surface area contributed by atoms with Crippen molar-refractivity contribution in [3.05, 3.63) is 34.9 Å². The fraction of sp³-hybridized carbons (Fsp3) is 0.250. The molecule has 2 rings (SSSR count). The largest absolute Gasteiger partial charge is 0.508 e. The number of hydrogen-bond acceptors (Lipinski definition) is 2. The first-order valence-corrected chi connectivity index (χ1v) is 4.93. The molecule has 0 saturated heterocycles. The molecular formula is C12H12O3. The van der Waals surface area contributed by atoms with E-state index < -0.39 is 5.97 Å². The Labute approximate surface area is 87.7 Å². The van der Waals surface area contributed by atoms with E-state index in [2.05, 4.69) is 0 Å². The van der Waals surface area contributed by atoms with Crippen LogP contribution in [0.4, 0.5) is 0 Å². The molecule has 0 aliphatic heterocycles. The Kier molecular flexibility index (Phi) is 2.46. The predicted octanol–water partition coefficient (Wildman–Crippen LogP) is 1.98. The number of benzene rings is 1. The van der Waals surface area contributed by atoms with E-state index in [1.807, 2.05) is 0 Å². The van der Waals surface area contributed by atoms with Crippen LogP contribution in [-0.4, -0.2) is 16.2 Å². The maximum atomic E-state index is 10.4. The Morgan fingerprint density at radius 3 is 2.73 bits per heavy atom. The Hall–Kier alpha value is -1.77. The van der Waals surface area contributed by atoms with Crippen LogP contribution in [0.3, 0.4) is 0 Å². The summed E-state index contributed by atoms with van der Waals surface area (Å²) in [6, 6.07) is 3.39. The third-order valence-electron chi connectivity index (χ3n) is 2.70. The zero-order valence-electron chi connectivity index (χ0n) is 8.23. The molecule has 0 radical (unpaired) electrons. The van der Waals surface area contributed by atoms with Crippen molar-refractivity contribution < 1.29 is 15.0 Å². The summed E-state index contributed by atoms with van der Waals surface area (Å²) in [7, 11) is 0. The lowest BCUT2D eigenvalue weighted by Gasteiger charge is -2.05. The number of phenols is 1. The summed E-state index contributed by atoms with van der Waals surface area (Å²) in [5.41, 5.74) is 2.97. The summed E-state index contributed by atoms with van der Waals surface area (Å²) >= 11 is 0. The number of aliphatic carboxylic acids is 1. The van der Waals surface area contributed by atoms with Crippen LogP contribution in [0, 0.1) is 0 Å². The molecule has 3 nitrogen and oxygen atoms in total. The Morgan fingerprint density at radius 1 is 1.27 bits per heavy atom. The van der Waals surface area contributed by atoms with Gasteiger partial charge in [0.2, 0.25) is 0 Å². The highest BCUT2D eigenvalue weighted by atomic mass is 16.4. The smallest absolute Gasteiger partial charge is 0.328 e. The van der Waals surface area contributed by atoms with Gasteiger partial charge in [0.1, 0.15) is 5.75 Å². The zero-order chi connectivity index (χ0) is 10.8. The van der Waals surface area contributed by atoms with Gasteiger partial charge in [-0.1, -0.05) is 6.07 Å². The van der Waals surface area contributed by atoms with Crippen LogP contribution in [0.2, 0.25) is 0 Å². The van der Waals surface area contributed by atoms with Crippen LogP contribution in [0.15, 0.2) is 18.2 Å². The van der Waals surface area contributed by atoms with Gasteiger partial charge in [-0.05, 0) is 48.1 Å². The molecule has 0 aromatic heterocycles. The van der Waals surface area contributed by atoms with Crippen molar-refractivity contribution in [3.8, 4) is 5.75 Å². The Morgan fingerprint density at radius 2 is 2.00 bits per heavy atom. The van der Waals surface area contributed by atoms with Crippen LogP contribution >= 0.6 is 0 Å². The normalized spacial score (nSPS) is 14.4. The van der Waals surface area contributed by atoms with Gasteiger partial charge >= 0.3 is 5.97 Å². The molecule has 78 valence electrons. The molecule has 3 heteroatoms. The molecule has 0 spiro atoms. The van der Waals surface area contributed by atoms with Crippen LogP contribution in [-0.2, 0) is 17.6 Å². The minimum atomic E-state index is -0.949. The molecule has 0 bridgehead atoms. The van der Waals surface area contributed by atoms with Crippen LogP contribution in [0.5, 0.6) is 5.75 Å². The van der Waals surface area contributed by atoms with Gasteiger partial charge in [-0.15, -0.1) is 0 Å². The van der Waals surface area contributed by atoms with E-state index >= 15 is 0 Å². The molecule has 1 aromatic carbocycles. The summed E-state index contributed by atoms with van der Waals surface area (Å²) in [4.78, 5) is 10.4. The lowest BCUT2D eigenvalue weighted by atomic mass is 10.0. The highest BCUT2D eigenvalue weighted by Crippen LogP contribution is 2.32. The maximum Gasteiger partial charge on any atom is 0.328 e. The van der Waals surface area contributed by atoms with Gasteiger partial charge < -0.3 is 10.2 Å². The lowest BCUT2D eigenvalue weighted by Crippen LogP contribution is -1.90. The second kappa shape index (κ2) is 3.77. The first-order chi connectivity index (χ1) is 7.18. The third kappa shape index (κ3) is 1.86. The fourth-order valence-electron chi connectivity index (χ4n) is 2.03. The fourth-order valence-corrected chi connectivity index (χ4v) is 2.03. The van der Waals surface area contributed by atoms with Gasteiger partial charge in [-0.3, -0.25) is 0 Å². The summed E-state index contributed by atoms with van der Waals surface area (Å²) in [5, 5.41) is 18.1. The van der Waals surface area contributed by atoms with Crippen molar-refractivity contribution in [2.24, 2.45) is 0 Å². The SMILES string of the molecule is O=C(O)C=Cc1ccc(O)c2c1CCC2. The lowest BCUT2D eigenvalue weighted by molar-refractivity contribution is -0.131. The van der Waals surface area contributed by atoms with Gasteiger partial charge in [0.25, 0.3) is 0 Å². The van der Waals surface area contributed by atoms with E-state index in [1.54, 1.807) is 18.2 Å². The number of aromatic hydroxyl groups is 1. The quantitative estimate of drug-likeness (QED) is 0.724. The second-order valence-electron chi connectivity index (χ2n) is 3.66. The monoisotopic (exact) mass is 204 g/mol. The number of phenolic OH excluding ortho intramolecular Hbond substituents is 1. The van der Waals surface area contributed by atoms with E-state index in [-0.39, 0.29) is 0 Å².